The molecule has 2 amide bonds. The van der Waals surface area contributed by atoms with Crippen molar-refractivity contribution in [2.45, 2.75) is 45.4 Å². The topological polar surface area (TPSA) is 69.4 Å². The number of urea groups is 1. The van der Waals surface area contributed by atoms with Gasteiger partial charge in [0.1, 0.15) is 5.75 Å². The van der Waals surface area contributed by atoms with Crippen molar-refractivity contribution in [3.05, 3.63) is 66.5 Å². The van der Waals surface area contributed by atoms with Crippen LogP contribution >= 0.6 is 0 Å². The van der Waals surface area contributed by atoms with E-state index in [0.717, 1.165) is 41.9 Å². The van der Waals surface area contributed by atoms with Gasteiger partial charge in [0.2, 0.25) is 0 Å². The molecule has 0 spiro atoms. The molecule has 0 saturated heterocycles. The van der Waals surface area contributed by atoms with Crippen LogP contribution in [-0.4, -0.2) is 35.6 Å². The van der Waals surface area contributed by atoms with Crippen molar-refractivity contribution in [1.82, 2.24) is 9.88 Å². The Morgan fingerprint density at radius 1 is 1.12 bits per heavy atom. The van der Waals surface area contributed by atoms with Gasteiger partial charge in [-0.3, -0.25) is 0 Å². The van der Waals surface area contributed by atoms with E-state index in [1.807, 2.05) is 43.3 Å². The summed E-state index contributed by atoms with van der Waals surface area (Å²) in [6, 6.07) is 13.1. The van der Waals surface area contributed by atoms with E-state index in [0.29, 0.717) is 18.2 Å². The first-order chi connectivity index (χ1) is 16.2. The maximum atomic E-state index is 12.6. The average molecular weight is 447 g/mol. The minimum absolute atomic E-state index is 0.277. The first-order valence-electron chi connectivity index (χ1n) is 12.0. The van der Waals surface area contributed by atoms with E-state index in [1.165, 1.54) is 24.8 Å². The number of ether oxygens (including phenoxy) is 1. The lowest BCUT2D eigenvalue weighted by Crippen LogP contribution is -2.24. The van der Waals surface area contributed by atoms with Crippen molar-refractivity contribution in [2.75, 3.05) is 30.3 Å². The molecule has 0 bridgehead atoms. The molecule has 1 atom stereocenters. The van der Waals surface area contributed by atoms with E-state index >= 15 is 0 Å². The number of nitrogens with one attached hydrogen (secondary N) is 3. The summed E-state index contributed by atoms with van der Waals surface area (Å²) in [5, 5.41) is 6.99. The summed E-state index contributed by atoms with van der Waals surface area (Å²) in [6.45, 7) is 6.98. The third kappa shape index (κ3) is 5.89. The van der Waals surface area contributed by atoms with Gasteiger partial charge in [-0.05, 0) is 61.9 Å². The molecule has 1 aromatic heterocycles. The van der Waals surface area contributed by atoms with E-state index in [9.17, 15) is 4.79 Å². The van der Waals surface area contributed by atoms with Gasteiger partial charge < -0.3 is 25.3 Å². The van der Waals surface area contributed by atoms with Gasteiger partial charge in [0.15, 0.2) is 0 Å². The zero-order valence-electron chi connectivity index (χ0n) is 19.6. The first-order valence-corrected chi connectivity index (χ1v) is 12.0. The van der Waals surface area contributed by atoms with Crippen molar-refractivity contribution < 1.29 is 9.53 Å². The van der Waals surface area contributed by atoms with Crippen LogP contribution < -0.4 is 15.4 Å². The lowest BCUT2D eigenvalue weighted by Gasteiger charge is -2.27. The monoisotopic (exact) mass is 446 g/mol. The Kier molecular flexibility index (Phi) is 7.55. The van der Waals surface area contributed by atoms with Crippen molar-refractivity contribution in [2.24, 2.45) is 0 Å². The van der Waals surface area contributed by atoms with Crippen LogP contribution in [0, 0.1) is 0 Å². The molecular weight excluding hydrogens is 412 g/mol. The highest BCUT2D eigenvalue weighted by atomic mass is 16.5. The number of H-pyrrole nitrogens is 1. The van der Waals surface area contributed by atoms with Crippen LogP contribution in [0.5, 0.6) is 5.75 Å². The summed E-state index contributed by atoms with van der Waals surface area (Å²) in [7, 11) is 0. The number of carbonyl (C=O) groups excluding carboxylic acids is 1. The van der Waals surface area contributed by atoms with Crippen LogP contribution in [0.4, 0.5) is 16.2 Å². The van der Waals surface area contributed by atoms with Crippen LogP contribution in [0.15, 0.2) is 60.9 Å². The van der Waals surface area contributed by atoms with Gasteiger partial charge in [0.25, 0.3) is 0 Å². The molecule has 33 heavy (non-hydrogen) atoms. The summed E-state index contributed by atoms with van der Waals surface area (Å²) in [6.07, 6.45) is 11.6. The van der Waals surface area contributed by atoms with E-state index in [-0.39, 0.29) is 6.03 Å². The van der Waals surface area contributed by atoms with Crippen LogP contribution in [0.1, 0.15) is 51.0 Å². The van der Waals surface area contributed by atoms with Crippen LogP contribution in [0.25, 0.3) is 10.9 Å². The molecule has 0 saturated carbocycles. The maximum absolute atomic E-state index is 12.6. The largest absolute Gasteiger partial charge is 0.494 e. The molecule has 174 valence electrons. The number of rotatable bonds is 9. The second kappa shape index (κ2) is 10.9. The normalized spacial score (nSPS) is 15.6. The molecule has 3 aromatic rings. The molecule has 1 aliphatic rings. The van der Waals surface area contributed by atoms with Gasteiger partial charge >= 0.3 is 6.03 Å². The number of hydrogen-bond donors (Lipinski definition) is 3. The molecule has 2 aromatic carbocycles. The molecule has 6 heteroatoms. The molecule has 0 fully saturated rings. The van der Waals surface area contributed by atoms with Crippen LogP contribution in [-0.2, 0) is 0 Å². The first kappa shape index (κ1) is 22.8. The molecule has 2 heterocycles. The molecule has 4 rings (SSSR count). The van der Waals surface area contributed by atoms with E-state index in [1.54, 1.807) is 0 Å². The summed E-state index contributed by atoms with van der Waals surface area (Å²) in [5.41, 5.74) is 3.82. The molecule has 3 N–H and O–H groups in total. The van der Waals surface area contributed by atoms with E-state index in [4.69, 9.17) is 4.74 Å². The molecule has 0 radical (unpaired) electrons. The van der Waals surface area contributed by atoms with Crippen molar-refractivity contribution >= 4 is 28.3 Å². The number of unbranched alkanes of at least 4 members (excludes halogenated alkanes) is 2. The highest BCUT2D eigenvalue weighted by Gasteiger charge is 2.18. The zero-order valence-corrected chi connectivity index (χ0v) is 19.6. The number of allylic oxidation sites excluding steroid dienone is 1. The van der Waals surface area contributed by atoms with Crippen molar-refractivity contribution in [3.63, 3.8) is 0 Å². The lowest BCUT2D eigenvalue weighted by atomic mass is 9.93. The average Bonchev–Trinajstić information content (AvgIpc) is 3.23. The summed E-state index contributed by atoms with van der Waals surface area (Å²) in [5.74, 6) is 1.12. The van der Waals surface area contributed by atoms with E-state index < -0.39 is 0 Å². The van der Waals surface area contributed by atoms with Gasteiger partial charge in [-0.15, -0.1) is 0 Å². The number of aromatic amines is 1. The highest BCUT2D eigenvalue weighted by Crippen LogP contribution is 2.33. The second-order valence-electron chi connectivity index (χ2n) is 8.52. The number of amides is 2. The number of hydrogen-bond acceptors (Lipinski definition) is 3. The molecule has 0 aliphatic carbocycles. The Bertz CT molecular complexity index is 1100. The van der Waals surface area contributed by atoms with Gasteiger partial charge in [-0.1, -0.05) is 31.9 Å². The minimum atomic E-state index is -0.277. The van der Waals surface area contributed by atoms with Crippen molar-refractivity contribution in [3.8, 4) is 5.75 Å². The molecular formula is C27H34N4O2. The predicted octanol–water partition coefficient (Wildman–Crippen LogP) is 6.70. The Labute approximate surface area is 196 Å². The fraction of sp³-hybridized carbons (Fsp3) is 0.370. The third-order valence-corrected chi connectivity index (χ3v) is 6.08. The van der Waals surface area contributed by atoms with E-state index in [2.05, 4.69) is 52.0 Å². The zero-order chi connectivity index (χ0) is 23.0. The Hall–Kier alpha value is -3.41. The van der Waals surface area contributed by atoms with Gasteiger partial charge in [0, 0.05) is 53.5 Å². The summed E-state index contributed by atoms with van der Waals surface area (Å²) in [4.78, 5) is 18.4. The Balaban J connectivity index is 1.42. The van der Waals surface area contributed by atoms with Gasteiger partial charge in [-0.25, -0.2) is 4.79 Å². The predicted molar refractivity (Wildman–Crippen MR) is 136 cm³/mol. The number of fused-ring (bicyclic) bond motifs is 1. The quantitative estimate of drug-likeness (QED) is 0.320. The Morgan fingerprint density at radius 3 is 2.73 bits per heavy atom. The fourth-order valence-electron chi connectivity index (χ4n) is 4.36. The standard InChI is InChI=1S/C27H34N4O2/c1-3-5-6-14-31-15-12-20(13-16-31)25-19-28-26-11-10-22(18-24(25)26)30-27(32)29-21-8-7-9-23(17-21)33-4-2/h7-12,15,17-20,28H,3-6,13-14,16H2,1-2H3,(H2,29,30,32). The minimum Gasteiger partial charge on any atom is -0.494 e. The Morgan fingerprint density at radius 2 is 1.97 bits per heavy atom. The smallest absolute Gasteiger partial charge is 0.323 e. The summed E-state index contributed by atoms with van der Waals surface area (Å²) >= 11 is 0. The number of nitrogens with zero attached hydrogens (tertiary/aromatic N) is 1. The van der Waals surface area contributed by atoms with Crippen LogP contribution in [0.2, 0.25) is 0 Å². The molecule has 1 unspecified atom stereocenters. The van der Waals surface area contributed by atoms with Crippen molar-refractivity contribution in [1.29, 1.82) is 0 Å². The van der Waals surface area contributed by atoms with Gasteiger partial charge in [0.05, 0.1) is 6.61 Å². The number of benzene rings is 2. The number of carbonyl (C=O) groups is 1. The molecule has 6 nitrogen and oxygen atoms in total. The number of aromatic nitrogens is 1. The SMILES string of the molecule is CCCCCN1C=CC(c2c[nH]c3ccc(NC(=O)Nc4cccc(OCC)c4)cc23)CC1. The maximum Gasteiger partial charge on any atom is 0.323 e. The summed E-state index contributed by atoms with van der Waals surface area (Å²) < 4.78 is 5.50. The second-order valence-corrected chi connectivity index (χ2v) is 8.52. The third-order valence-electron chi connectivity index (χ3n) is 6.08. The highest BCUT2D eigenvalue weighted by molar-refractivity contribution is 6.01. The van der Waals surface area contributed by atoms with Gasteiger partial charge in [-0.2, -0.15) is 0 Å². The van der Waals surface area contributed by atoms with Crippen LogP contribution in [0.3, 0.4) is 0 Å². The molecule has 1 aliphatic heterocycles. The number of anilines is 2. The lowest BCUT2D eigenvalue weighted by molar-refractivity contribution is 0.262. The fourth-order valence-corrected chi connectivity index (χ4v) is 4.36.